The number of carbonyl (C=O) groups excluding carboxylic acids is 2. The highest BCUT2D eigenvalue weighted by atomic mass is 35.5. The molecule has 1 atom stereocenters. The fraction of sp³-hybridized carbons (Fsp3) is 0.636. The Hall–Kier alpha value is -0.870. The van der Waals surface area contributed by atoms with Crippen LogP contribution in [-0.4, -0.2) is 30.0 Å². The Morgan fingerprint density at radius 3 is 2.06 bits per heavy atom. The van der Waals surface area contributed by atoms with Crippen LogP contribution >= 0.6 is 0 Å². The Labute approximate surface area is 103 Å². The third-order valence-corrected chi connectivity index (χ3v) is 2.46. The number of urea groups is 1. The van der Waals surface area contributed by atoms with Gasteiger partial charge in [-0.25, -0.2) is 9.59 Å². The summed E-state index contributed by atoms with van der Waals surface area (Å²) in [5.74, 6) is -0.355. The van der Waals surface area contributed by atoms with Crippen molar-refractivity contribution in [2.45, 2.75) is 27.2 Å². The van der Waals surface area contributed by atoms with Gasteiger partial charge in [0, 0.05) is 12.5 Å². The van der Waals surface area contributed by atoms with Gasteiger partial charge in [-0.3, -0.25) is 0 Å². The zero-order chi connectivity index (χ0) is 12.3. The number of primary amides is 1. The Bertz CT molecular complexity index is 284. The minimum absolute atomic E-state index is 0. The van der Waals surface area contributed by atoms with Crippen molar-refractivity contribution in [2.75, 3.05) is 13.6 Å². The fourth-order valence-electron chi connectivity index (χ4n) is 1.09. The van der Waals surface area contributed by atoms with E-state index in [9.17, 15) is 9.59 Å². The molecule has 0 spiro atoms. The van der Waals surface area contributed by atoms with Gasteiger partial charge in [-0.2, -0.15) is 4.48 Å². The lowest BCUT2D eigenvalue weighted by atomic mass is 9.92. The molecule has 1 unspecified atom stereocenters. The summed E-state index contributed by atoms with van der Waals surface area (Å²) in [6, 6.07) is -0.635. The van der Waals surface area contributed by atoms with E-state index in [2.05, 4.69) is 27.4 Å². The maximum Gasteiger partial charge on any atom is 0.421 e. The molecule has 0 radical (unpaired) electrons. The number of nitrogens with zero attached hydrogens (tertiary/aromatic N) is 1. The van der Waals surface area contributed by atoms with Gasteiger partial charge in [0.25, 0.3) is 0 Å². The second kappa shape index (κ2) is 6.01. The third kappa shape index (κ3) is 4.77. The molecule has 0 aliphatic carbocycles. The van der Waals surface area contributed by atoms with Gasteiger partial charge in [0.15, 0.2) is 0 Å². The Balaban J connectivity index is 0. The van der Waals surface area contributed by atoms with E-state index in [0.717, 1.165) is 12.5 Å². The molecule has 0 aromatic rings. The van der Waals surface area contributed by atoms with Crippen LogP contribution in [0.4, 0.5) is 4.79 Å². The van der Waals surface area contributed by atoms with E-state index in [1.807, 2.05) is 0 Å². The summed E-state index contributed by atoms with van der Waals surface area (Å²) in [4.78, 5) is 22.8. The van der Waals surface area contributed by atoms with Gasteiger partial charge in [-0.05, 0) is 5.41 Å². The normalized spacial score (nSPS) is 14.5. The van der Waals surface area contributed by atoms with Gasteiger partial charge in [-0.15, -0.1) is 0 Å². The summed E-state index contributed by atoms with van der Waals surface area (Å²) in [6.45, 7) is 9.94. The van der Waals surface area contributed by atoms with E-state index < -0.39 is 10.5 Å². The van der Waals surface area contributed by atoms with Crippen molar-refractivity contribution in [3.05, 3.63) is 12.7 Å². The van der Waals surface area contributed by atoms with E-state index >= 15 is 0 Å². The minimum atomic E-state index is -0.635. The van der Waals surface area contributed by atoms with Crippen molar-refractivity contribution in [1.29, 1.82) is 0 Å². The summed E-state index contributed by atoms with van der Waals surface area (Å²) in [6.07, 6.45) is 1.89. The molecular formula is C11H21ClN2O2. The highest BCUT2D eigenvalue weighted by Gasteiger charge is 2.37. The lowest BCUT2D eigenvalue weighted by Crippen LogP contribution is -3.00. The zero-order valence-electron chi connectivity index (χ0n) is 10.4. The molecule has 0 aromatic heterocycles. The second-order valence-corrected chi connectivity index (χ2v) is 5.11. The van der Waals surface area contributed by atoms with Crippen LogP contribution in [0.25, 0.3) is 0 Å². The zero-order valence-corrected chi connectivity index (χ0v) is 11.2. The lowest BCUT2D eigenvalue weighted by Gasteiger charge is -2.28. The molecule has 0 rings (SSSR count). The first-order chi connectivity index (χ1) is 6.63. The topological polar surface area (TPSA) is 60.2 Å². The van der Waals surface area contributed by atoms with Crippen LogP contribution in [0.5, 0.6) is 0 Å². The van der Waals surface area contributed by atoms with Crippen LogP contribution in [-0.2, 0) is 4.79 Å². The summed E-state index contributed by atoms with van der Waals surface area (Å²) < 4.78 is -0.402. The van der Waals surface area contributed by atoms with E-state index in [1.54, 1.807) is 0 Å². The highest BCUT2D eigenvalue weighted by molar-refractivity contribution is 5.89. The molecule has 0 aliphatic heterocycles. The van der Waals surface area contributed by atoms with Gasteiger partial charge in [0.2, 0.25) is 0 Å². The minimum Gasteiger partial charge on any atom is -1.00 e. The van der Waals surface area contributed by atoms with Crippen molar-refractivity contribution < 1.29 is 26.5 Å². The molecule has 0 fully saturated rings. The first-order valence-electron chi connectivity index (χ1n) is 4.96. The van der Waals surface area contributed by atoms with Crippen molar-refractivity contribution in [3.8, 4) is 0 Å². The summed E-state index contributed by atoms with van der Waals surface area (Å²) >= 11 is 0. The molecular weight excluding hydrogens is 228 g/mol. The molecule has 94 valence electrons. The van der Waals surface area contributed by atoms with Crippen LogP contribution in [0.15, 0.2) is 12.7 Å². The SMILES string of the molecule is C=CC(=O)[N+](C)(CCC(C)(C)C)C(N)=O.[Cl-]. The Morgan fingerprint density at radius 2 is 1.81 bits per heavy atom. The lowest BCUT2D eigenvalue weighted by molar-refractivity contribution is -0.749. The molecule has 0 heterocycles. The largest absolute Gasteiger partial charge is 1.00 e. The summed E-state index contributed by atoms with van der Waals surface area (Å²) in [5, 5.41) is 0. The van der Waals surface area contributed by atoms with Gasteiger partial charge in [0.1, 0.15) is 0 Å². The number of imide groups is 1. The summed E-state index contributed by atoms with van der Waals surface area (Å²) in [7, 11) is 1.53. The average molecular weight is 249 g/mol. The Morgan fingerprint density at radius 1 is 1.38 bits per heavy atom. The molecule has 3 amide bonds. The van der Waals surface area contributed by atoms with E-state index in [1.165, 1.54) is 7.05 Å². The number of likely N-dealkylation sites (N-methyl/N-ethyl adjacent to an activating group) is 1. The van der Waals surface area contributed by atoms with Crippen molar-refractivity contribution in [3.63, 3.8) is 0 Å². The number of amides is 3. The van der Waals surface area contributed by atoms with Crippen LogP contribution in [0.3, 0.4) is 0 Å². The number of quaternary nitrogens is 1. The molecule has 2 N–H and O–H groups in total. The highest BCUT2D eigenvalue weighted by Crippen LogP contribution is 2.21. The molecule has 0 saturated carbocycles. The Kier molecular flexibility index (Phi) is 6.58. The molecule has 0 aliphatic rings. The van der Waals surface area contributed by atoms with Crippen molar-refractivity contribution in [1.82, 2.24) is 0 Å². The maximum atomic E-state index is 11.5. The van der Waals surface area contributed by atoms with Gasteiger partial charge < -0.3 is 18.1 Å². The third-order valence-electron chi connectivity index (χ3n) is 2.46. The average Bonchev–Trinajstić information content (AvgIpc) is 2.11. The van der Waals surface area contributed by atoms with Crippen molar-refractivity contribution in [2.24, 2.45) is 11.1 Å². The molecule has 5 heteroatoms. The molecule has 0 saturated heterocycles. The van der Waals surface area contributed by atoms with Gasteiger partial charge >= 0.3 is 11.9 Å². The number of nitrogens with two attached hydrogens (primary N) is 1. The van der Waals surface area contributed by atoms with E-state index in [4.69, 9.17) is 5.73 Å². The van der Waals surface area contributed by atoms with Crippen LogP contribution in [0, 0.1) is 5.41 Å². The standard InChI is InChI=1S/C11H20N2O2.ClH/c1-6-9(14)13(5,10(12)15)8-7-11(2,3)4;/h6H,1,7-8H2,2-5H3,(H-,12,15);1H. The number of halogens is 1. The van der Waals surface area contributed by atoms with Crippen LogP contribution < -0.4 is 18.1 Å². The van der Waals surface area contributed by atoms with Crippen LogP contribution in [0.1, 0.15) is 27.2 Å². The summed E-state index contributed by atoms with van der Waals surface area (Å²) in [5.41, 5.74) is 5.31. The first kappa shape index (κ1) is 17.5. The number of carbonyl (C=O) groups is 2. The predicted octanol–water partition coefficient (Wildman–Crippen LogP) is -1.34. The molecule has 0 bridgehead atoms. The number of rotatable bonds is 3. The van der Waals surface area contributed by atoms with Crippen molar-refractivity contribution >= 4 is 11.9 Å². The molecule has 0 aromatic carbocycles. The number of hydrogen-bond acceptors (Lipinski definition) is 2. The predicted molar refractivity (Wildman–Crippen MR) is 59.9 cm³/mol. The smallest absolute Gasteiger partial charge is 0.421 e. The molecule has 4 nitrogen and oxygen atoms in total. The van der Waals surface area contributed by atoms with Crippen LogP contribution in [0.2, 0.25) is 0 Å². The maximum absolute atomic E-state index is 11.5. The number of hydrogen-bond donors (Lipinski definition) is 1. The first-order valence-corrected chi connectivity index (χ1v) is 4.96. The van der Waals surface area contributed by atoms with Gasteiger partial charge in [0.05, 0.1) is 13.6 Å². The van der Waals surface area contributed by atoms with Gasteiger partial charge in [-0.1, -0.05) is 27.4 Å². The fourth-order valence-corrected chi connectivity index (χ4v) is 1.09. The second-order valence-electron chi connectivity index (χ2n) is 5.11. The van der Waals surface area contributed by atoms with E-state index in [-0.39, 0.29) is 23.7 Å². The molecule has 16 heavy (non-hydrogen) atoms. The quantitative estimate of drug-likeness (QED) is 0.497. The monoisotopic (exact) mass is 248 g/mol. The van der Waals surface area contributed by atoms with E-state index in [0.29, 0.717) is 6.54 Å².